The number of carbonyl (C=O) groups is 2. The molecule has 1 heterocycles. The van der Waals surface area contributed by atoms with Crippen molar-refractivity contribution >= 4 is 23.8 Å². The molecule has 0 bridgehead atoms. The van der Waals surface area contributed by atoms with Gasteiger partial charge in [0.15, 0.2) is 0 Å². The van der Waals surface area contributed by atoms with Crippen LogP contribution in [0.3, 0.4) is 0 Å². The molecule has 0 unspecified atom stereocenters. The third kappa shape index (κ3) is 5.44. The number of carbonyl (C=O) groups excluding carboxylic acids is 2. The summed E-state index contributed by atoms with van der Waals surface area (Å²) in [4.78, 5) is 26.4. The maximum atomic E-state index is 12.5. The number of amides is 2. The van der Waals surface area contributed by atoms with E-state index in [0.717, 1.165) is 0 Å². The molecule has 0 aliphatic carbocycles. The van der Waals surface area contributed by atoms with Crippen LogP contribution in [0.5, 0.6) is 5.75 Å². The Kier molecular flexibility index (Phi) is 6.09. The van der Waals surface area contributed by atoms with Gasteiger partial charge in [-0.15, -0.1) is 0 Å². The molecule has 0 aromatic heterocycles. The van der Waals surface area contributed by atoms with Crippen molar-refractivity contribution < 1.29 is 23.8 Å². The monoisotopic (exact) mass is 412 g/mol. The van der Waals surface area contributed by atoms with Gasteiger partial charge in [0.2, 0.25) is 0 Å². The lowest BCUT2D eigenvalue weighted by Gasteiger charge is -2.50. The lowest BCUT2D eigenvalue weighted by atomic mass is 9.82. The summed E-state index contributed by atoms with van der Waals surface area (Å²) in [6, 6.07) is 5.16. The van der Waals surface area contributed by atoms with Crippen molar-refractivity contribution in [1.29, 1.82) is 0 Å². The Morgan fingerprint density at radius 3 is 2.14 bits per heavy atom. The number of hydrogen-bond acceptors (Lipinski definition) is 5. The Balaban J connectivity index is 2.31. The maximum Gasteiger partial charge on any atom is 0.410 e. The molecular weight excluding hydrogens is 384 g/mol. The van der Waals surface area contributed by atoms with Gasteiger partial charge in [-0.2, -0.15) is 0 Å². The van der Waals surface area contributed by atoms with Crippen molar-refractivity contribution in [3.63, 3.8) is 0 Å². The summed E-state index contributed by atoms with van der Waals surface area (Å²) >= 11 is 6.19. The van der Waals surface area contributed by atoms with Crippen LogP contribution in [0.25, 0.3) is 0 Å². The second-order valence-electron chi connectivity index (χ2n) is 8.89. The predicted octanol–water partition coefficient (Wildman–Crippen LogP) is 4.32. The first-order chi connectivity index (χ1) is 12.7. The lowest BCUT2D eigenvalue weighted by Crippen LogP contribution is -2.69. The van der Waals surface area contributed by atoms with Crippen LogP contribution in [0.2, 0.25) is 5.02 Å². The van der Waals surface area contributed by atoms with E-state index in [9.17, 15) is 9.59 Å². The molecule has 2 amide bonds. The zero-order valence-corrected chi connectivity index (χ0v) is 18.3. The summed E-state index contributed by atoms with van der Waals surface area (Å²) < 4.78 is 16.3. The number of alkyl carbamates (subject to hydrolysis) is 1. The van der Waals surface area contributed by atoms with Crippen LogP contribution in [-0.2, 0) is 15.0 Å². The predicted molar refractivity (Wildman–Crippen MR) is 107 cm³/mol. The summed E-state index contributed by atoms with van der Waals surface area (Å²) in [7, 11) is 1.54. The highest BCUT2D eigenvalue weighted by Gasteiger charge is 2.51. The first-order valence-corrected chi connectivity index (χ1v) is 9.46. The quantitative estimate of drug-likeness (QED) is 0.799. The van der Waals surface area contributed by atoms with E-state index in [1.807, 2.05) is 0 Å². The number of nitrogens with zero attached hydrogens (tertiary/aromatic N) is 1. The van der Waals surface area contributed by atoms with Gasteiger partial charge in [-0.1, -0.05) is 11.6 Å². The molecule has 1 aromatic carbocycles. The van der Waals surface area contributed by atoms with Crippen molar-refractivity contribution in [3.05, 3.63) is 28.8 Å². The molecule has 1 N–H and O–H groups in total. The Labute approximate surface area is 171 Å². The van der Waals surface area contributed by atoms with Crippen molar-refractivity contribution in [2.75, 3.05) is 20.2 Å². The minimum atomic E-state index is -0.893. The molecule has 7 nitrogen and oxygen atoms in total. The van der Waals surface area contributed by atoms with Gasteiger partial charge in [0.25, 0.3) is 0 Å². The molecule has 8 heteroatoms. The first kappa shape index (κ1) is 22.1. The smallest absolute Gasteiger partial charge is 0.410 e. The van der Waals surface area contributed by atoms with Gasteiger partial charge < -0.3 is 24.4 Å². The Bertz CT molecular complexity index is 746. The summed E-state index contributed by atoms with van der Waals surface area (Å²) in [5.74, 6) is 0.560. The number of halogens is 1. The highest BCUT2D eigenvalue weighted by atomic mass is 35.5. The summed E-state index contributed by atoms with van der Waals surface area (Å²) in [6.07, 6.45) is -1.03. The molecule has 156 valence electrons. The third-order valence-electron chi connectivity index (χ3n) is 3.99. The molecule has 0 radical (unpaired) electrons. The van der Waals surface area contributed by atoms with E-state index in [0.29, 0.717) is 16.3 Å². The van der Waals surface area contributed by atoms with E-state index in [4.69, 9.17) is 25.8 Å². The van der Waals surface area contributed by atoms with E-state index in [2.05, 4.69) is 5.32 Å². The van der Waals surface area contributed by atoms with Crippen molar-refractivity contribution in [2.24, 2.45) is 0 Å². The molecule has 0 spiro atoms. The van der Waals surface area contributed by atoms with Crippen LogP contribution >= 0.6 is 11.6 Å². The van der Waals surface area contributed by atoms with Crippen LogP contribution < -0.4 is 10.1 Å². The van der Waals surface area contributed by atoms with Gasteiger partial charge in [0.1, 0.15) is 22.5 Å². The summed E-state index contributed by atoms with van der Waals surface area (Å²) in [5.41, 5.74) is -1.48. The fourth-order valence-electron chi connectivity index (χ4n) is 2.93. The van der Waals surface area contributed by atoms with Crippen molar-refractivity contribution in [2.45, 2.75) is 58.3 Å². The number of benzene rings is 1. The number of ether oxygens (including phenoxy) is 3. The molecule has 1 aliphatic heterocycles. The standard InChI is InChI=1S/C20H29ClN2O5/c1-18(2,3)27-16(24)22-20(14-10-13(21)8-9-15(14)26-7)11-23(12-20)17(25)28-19(4,5)6/h8-10H,11-12H2,1-7H3,(H,22,24). The SMILES string of the molecule is COc1ccc(Cl)cc1C1(NC(=O)OC(C)(C)C)CN(C(=O)OC(C)(C)C)C1. The number of methoxy groups -OCH3 is 1. The van der Waals surface area contributed by atoms with E-state index >= 15 is 0 Å². The molecule has 1 saturated heterocycles. The minimum absolute atomic E-state index is 0.206. The van der Waals surface area contributed by atoms with Gasteiger partial charge in [0, 0.05) is 10.6 Å². The van der Waals surface area contributed by atoms with Crippen molar-refractivity contribution in [1.82, 2.24) is 10.2 Å². The third-order valence-corrected chi connectivity index (χ3v) is 4.23. The highest BCUT2D eigenvalue weighted by Crippen LogP contribution is 2.39. The number of rotatable bonds is 3. The van der Waals surface area contributed by atoms with Crippen LogP contribution in [-0.4, -0.2) is 48.5 Å². The Morgan fingerprint density at radius 1 is 1.07 bits per heavy atom. The van der Waals surface area contributed by atoms with E-state index in [1.165, 1.54) is 12.0 Å². The zero-order chi connectivity index (χ0) is 21.3. The Morgan fingerprint density at radius 2 is 1.64 bits per heavy atom. The van der Waals surface area contributed by atoms with Gasteiger partial charge in [-0.05, 0) is 59.7 Å². The molecule has 1 aromatic rings. The molecule has 1 aliphatic rings. The second kappa shape index (κ2) is 7.70. The van der Waals surface area contributed by atoms with E-state index < -0.39 is 28.9 Å². The lowest BCUT2D eigenvalue weighted by molar-refractivity contribution is -0.0234. The van der Waals surface area contributed by atoms with Crippen molar-refractivity contribution in [3.8, 4) is 5.75 Å². The topological polar surface area (TPSA) is 77.1 Å². The fraction of sp³-hybridized carbons (Fsp3) is 0.600. The minimum Gasteiger partial charge on any atom is -0.496 e. The summed E-state index contributed by atoms with van der Waals surface area (Å²) in [6.45, 7) is 11.2. The average molecular weight is 413 g/mol. The maximum absolute atomic E-state index is 12.5. The number of likely N-dealkylation sites (tertiary alicyclic amines) is 1. The molecule has 2 rings (SSSR count). The van der Waals surface area contributed by atoms with Crippen LogP contribution in [0, 0.1) is 0 Å². The molecule has 1 fully saturated rings. The highest BCUT2D eigenvalue weighted by molar-refractivity contribution is 6.30. The fourth-order valence-corrected chi connectivity index (χ4v) is 3.10. The van der Waals surface area contributed by atoms with Gasteiger partial charge in [0.05, 0.1) is 20.2 Å². The number of hydrogen-bond donors (Lipinski definition) is 1. The van der Waals surface area contributed by atoms with Crippen LogP contribution in [0.1, 0.15) is 47.1 Å². The summed E-state index contributed by atoms with van der Waals surface area (Å²) in [5, 5.41) is 3.40. The Hall–Kier alpha value is -2.15. The second-order valence-corrected chi connectivity index (χ2v) is 9.33. The zero-order valence-electron chi connectivity index (χ0n) is 17.5. The first-order valence-electron chi connectivity index (χ1n) is 9.08. The van der Waals surface area contributed by atoms with Crippen LogP contribution in [0.15, 0.2) is 18.2 Å². The molecule has 28 heavy (non-hydrogen) atoms. The molecule has 0 atom stereocenters. The normalized spacial score (nSPS) is 16.1. The van der Waals surface area contributed by atoms with Gasteiger partial charge in [-0.25, -0.2) is 9.59 Å². The van der Waals surface area contributed by atoms with Crippen LogP contribution in [0.4, 0.5) is 9.59 Å². The van der Waals surface area contributed by atoms with Gasteiger partial charge in [-0.3, -0.25) is 0 Å². The van der Waals surface area contributed by atoms with Gasteiger partial charge >= 0.3 is 12.2 Å². The largest absolute Gasteiger partial charge is 0.496 e. The average Bonchev–Trinajstić information content (AvgIpc) is 2.46. The number of nitrogens with one attached hydrogen (secondary N) is 1. The molecule has 0 saturated carbocycles. The molecular formula is C20H29ClN2O5. The van der Waals surface area contributed by atoms with E-state index in [-0.39, 0.29) is 13.1 Å². The van der Waals surface area contributed by atoms with E-state index in [1.54, 1.807) is 59.7 Å².